The molecule has 0 amide bonds. The summed E-state index contributed by atoms with van der Waals surface area (Å²) in [6.45, 7) is 5.96. The summed E-state index contributed by atoms with van der Waals surface area (Å²) >= 11 is 6.08. The molecular formula is C16H23ClFNO. The highest BCUT2D eigenvalue weighted by atomic mass is 35.5. The molecular weight excluding hydrogens is 277 g/mol. The summed E-state index contributed by atoms with van der Waals surface area (Å²) < 4.78 is 19.3. The molecule has 1 heterocycles. The molecule has 1 aliphatic rings. The van der Waals surface area contributed by atoms with E-state index in [2.05, 4.69) is 19.2 Å². The molecule has 0 aromatic heterocycles. The van der Waals surface area contributed by atoms with Gasteiger partial charge in [-0.15, -0.1) is 0 Å². The van der Waals surface area contributed by atoms with Crippen LogP contribution in [-0.2, 0) is 11.2 Å². The van der Waals surface area contributed by atoms with Crippen molar-refractivity contribution >= 4 is 11.6 Å². The molecule has 20 heavy (non-hydrogen) atoms. The number of rotatable bonds is 6. The van der Waals surface area contributed by atoms with Crippen LogP contribution in [0.15, 0.2) is 18.2 Å². The molecule has 3 unspecified atom stereocenters. The van der Waals surface area contributed by atoms with Gasteiger partial charge in [-0.2, -0.15) is 0 Å². The van der Waals surface area contributed by atoms with Crippen LogP contribution >= 0.6 is 11.6 Å². The molecule has 3 atom stereocenters. The maximum Gasteiger partial charge on any atom is 0.142 e. The number of nitrogens with one attached hydrogen (secondary N) is 1. The Balaban J connectivity index is 2.14. The normalized spacial score (nSPS) is 24.0. The lowest BCUT2D eigenvalue weighted by atomic mass is 9.87. The molecule has 112 valence electrons. The summed E-state index contributed by atoms with van der Waals surface area (Å²) in [5.41, 5.74) is 0.874. The number of ether oxygens (including phenoxy) is 1. The molecule has 1 aliphatic heterocycles. The summed E-state index contributed by atoms with van der Waals surface area (Å²) in [6.07, 6.45) is 3.12. The molecule has 0 saturated carbocycles. The van der Waals surface area contributed by atoms with Gasteiger partial charge in [0.05, 0.1) is 11.1 Å². The summed E-state index contributed by atoms with van der Waals surface area (Å²) in [7, 11) is 0. The van der Waals surface area contributed by atoms with Crippen LogP contribution in [0.2, 0.25) is 5.02 Å². The van der Waals surface area contributed by atoms with Crippen LogP contribution in [0.3, 0.4) is 0 Å². The van der Waals surface area contributed by atoms with Crippen molar-refractivity contribution in [1.29, 1.82) is 0 Å². The van der Waals surface area contributed by atoms with Crippen LogP contribution in [-0.4, -0.2) is 25.3 Å². The first-order chi connectivity index (χ1) is 9.67. The van der Waals surface area contributed by atoms with E-state index in [1.54, 1.807) is 6.07 Å². The van der Waals surface area contributed by atoms with Crippen molar-refractivity contribution in [3.63, 3.8) is 0 Å². The van der Waals surface area contributed by atoms with Gasteiger partial charge in [-0.3, -0.25) is 0 Å². The molecule has 0 spiro atoms. The number of likely N-dealkylation sites (N-methyl/N-ethyl adjacent to an activating group) is 1. The molecule has 1 aromatic rings. The minimum absolute atomic E-state index is 0.252. The van der Waals surface area contributed by atoms with E-state index in [0.717, 1.165) is 38.0 Å². The number of benzene rings is 1. The summed E-state index contributed by atoms with van der Waals surface area (Å²) in [4.78, 5) is 0. The molecule has 4 heteroatoms. The molecule has 1 saturated heterocycles. The smallest absolute Gasteiger partial charge is 0.142 e. The van der Waals surface area contributed by atoms with Crippen LogP contribution < -0.4 is 5.32 Å². The van der Waals surface area contributed by atoms with E-state index in [-0.39, 0.29) is 16.9 Å². The Labute approximate surface area is 125 Å². The highest BCUT2D eigenvalue weighted by molar-refractivity contribution is 6.31. The van der Waals surface area contributed by atoms with Crippen molar-refractivity contribution in [2.45, 2.75) is 45.3 Å². The highest BCUT2D eigenvalue weighted by Crippen LogP contribution is 2.30. The van der Waals surface area contributed by atoms with Crippen LogP contribution in [0, 0.1) is 11.7 Å². The van der Waals surface area contributed by atoms with E-state index < -0.39 is 0 Å². The monoisotopic (exact) mass is 299 g/mol. The van der Waals surface area contributed by atoms with Gasteiger partial charge in [0.2, 0.25) is 0 Å². The van der Waals surface area contributed by atoms with E-state index in [1.807, 2.05) is 6.07 Å². The zero-order chi connectivity index (χ0) is 14.5. The maximum atomic E-state index is 13.6. The second-order valence-corrected chi connectivity index (χ2v) is 5.73. The van der Waals surface area contributed by atoms with Crippen molar-refractivity contribution < 1.29 is 9.13 Å². The van der Waals surface area contributed by atoms with Crippen molar-refractivity contribution in [2.75, 3.05) is 13.2 Å². The van der Waals surface area contributed by atoms with Crippen molar-refractivity contribution in [3.05, 3.63) is 34.6 Å². The minimum atomic E-state index is -0.339. The SMILES string of the molecule is CCNC(Cc1cccc(F)c1Cl)C1CCOC1CC. The molecule has 2 nitrogen and oxygen atoms in total. The molecule has 1 N–H and O–H groups in total. The largest absolute Gasteiger partial charge is 0.378 e. The standard InChI is InChI=1S/C16H23ClFNO/c1-3-15-12(8-9-20-15)14(19-4-2)10-11-6-5-7-13(18)16(11)17/h5-7,12,14-15,19H,3-4,8-10H2,1-2H3. The van der Waals surface area contributed by atoms with Gasteiger partial charge >= 0.3 is 0 Å². The Kier molecular flexibility index (Phi) is 5.82. The lowest BCUT2D eigenvalue weighted by molar-refractivity contribution is 0.0776. The van der Waals surface area contributed by atoms with E-state index in [1.165, 1.54) is 6.07 Å². The Bertz CT molecular complexity index is 440. The molecule has 0 aliphatic carbocycles. The highest BCUT2D eigenvalue weighted by Gasteiger charge is 2.33. The fraction of sp³-hybridized carbons (Fsp3) is 0.625. The van der Waals surface area contributed by atoms with Gasteiger partial charge in [-0.05, 0) is 37.4 Å². The van der Waals surface area contributed by atoms with Crippen LogP contribution in [0.4, 0.5) is 4.39 Å². The van der Waals surface area contributed by atoms with Gasteiger partial charge in [-0.25, -0.2) is 4.39 Å². The maximum absolute atomic E-state index is 13.6. The first-order valence-corrected chi connectivity index (χ1v) is 7.83. The van der Waals surface area contributed by atoms with Gasteiger partial charge in [0.25, 0.3) is 0 Å². The van der Waals surface area contributed by atoms with Gasteiger partial charge in [0.15, 0.2) is 0 Å². The van der Waals surface area contributed by atoms with Gasteiger partial charge < -0.3 is 10.1 Å². The third-order valence-corrected chi connectivity index (χ3v) is 4.54. The molecule has 0 radical (unpaired) electrons. The first-order valence-electron chi connectivity index (χ1n) is 7.45. The summed E-state index contributed by atoms with van der Waals surface area (Å²) in [6, 6.07) is 5.32. The van der Waals surface area contributed by atoms with Crippen LogP contribution in [0.5, 0.6) is 0 Å². The Hall–Kier alpha value is -0.640. The molecule has 0 bridgehead atoms. The number of halogens is 2. The average molecular weight is 300 g/mol. The minimum Gasteiger partial charge on any atom is -0.378 e. The zero-order valence-corrected chi connectivity index (χ0v) is 12.9. The second kappa shape index (κ2) is 7.39. The van der Waals surface area contributed by atoms with E-state index in [0.29, 0.717) is 12.0 Å². The fourth-order valence-corrected chi connectivity index (χ4v) is 3.33. The van der Waals surface area contributed by atoms with Gasteiger partial charge in [0.1, 0.15) is 5.82 Å². The van der Waals surface area contributed by atoms with Crippen molar-refractivity contribution in [1.82, 2.24) is 5.32 Å². The van der Waals surface area contributed by atoms with Gasteiger partial charge in [-0.1, -0.05) is 37.6 Å². The van der Waals surface area contributed by atoms with Crippen LogP contribution in [0.25, 0.3) is 0 Å². The Morgan fingerprint density at radius 1 is 1.45 bits per heavy atom. The molecule has 1 fully saturated rings. The van der Waals surface area contributed by atoms with E-state index in [4.69, 9.17) is 16.3 Å². The first kappa shape index (κ1) is 15.7. The van der Waals surface area contributed by atoms with Crippen molar-refractivity contribution in [3.8, 4) is 0 Å². The third-order valence-electron chi connectivity index (χ3n) is 4.12. The van der Waals surface area contributed by atoms with Crippen molar-refractivity contribution in [2.24, 2.45) is 5.92 Å². The molecule has 2 rings (SSSR count). The summed E-state index contributed by atoms with van der Waals surface area (Å²) in [5, 5.41) is 3.78. The number of hydrogen-bond acceptors (Lipinski definition) is 2. The average Bonchev–Trinajstić information content (AvgIpc) is 2.91. The second-order valence-electron chi connectivity index (χ2n) is 5.35. The summed E-state index contributed by atoms with van der Waals surface area (Å²) in [5.74, 6) is 0.133. The van der Waals surface area contributed by atoms with E-state index in [9.17, 15) is 4.39 Å². The lowest BCUT2D eigenvalue weighted by Gasteiger charge is -2.28. The fourth-order valence-electron chi connectivity index (χ4n) is 3.13. The predicted octanol–water partition coefficient (Wildman–Crippen LogP) is 3.81. The Morgan fingerprint density at radius 2 is 2.25 bits per heavy atom. The topological polar surface area (TPSA) is 21.3 Å². The molecule has 1 aromatic carbocycles. The Morgan fingerprint density at radius 3 is 2.95 bits per heavy atom. The third kappa shape index (κ3) is 3.51. The van der Waals surface area contributed by atoms with Crippen LogP contribution in [0.1, 0.15) is 32.3 Å². The van der Waals surface area contributed by atoms with E-state index >= 15 is 0 Å². The predicted molar refractivity (Wildman–Crippen MR) is 80.7 cm³/mol. The number of hydrogen-bond donors (Lipinski definition) is 1. The quantitative estimate of drug-likeness (QED) is 0.862. The lowest BCUT2D eigenvalue weighted by Crippen LogP contribution is -2.41. The zero-order valence-electron chi connectivity index (χ0n) is 12.2. The van der Waals surface area contributed by atoms with Gasteiger partial charge in [0, 0.05) is 18.6 Å².